The SMILES string of the molecule is C#CC1=CCC(CN2CCc3nc(C4CC4)oc3C2)C=C1C(C)=CC. The maximum absolute atomic E-state index is 6.04. The van der Waals surface area contributed by atoms with Crippen molar-refractivity contribution in [2.75, 3.05) is 13.1 Å². The van der Waals surface area contributed by atoms with Crippen LogP contribution in [0.4, 0.5) is 0 Å². The zero-order valence-electron chi connectivity index (χ0n) is 15.2. The lowest BCUT2D eigenvalue weighted by atomic mass is 9.86. The van der Waals surface area contributed by atoms with Crippen molar-refractivity contribution in [3.63, 3.8) is 0 Å². The highest BCUT2D eigenvalue weighted by molar-refractivity contribution is 5.55. The molecule has 2 heterocycles. The van der Waals surface area contributed by atoms with Crippen molar-refractivity contribution in [2.45, 2.75) is 52.0 Å². The van der Waals surface area contributed by atoms with Gasteiger partial charge in [-0.05, 0) is 50.2 Å². The first-order valence-corrected chi connectivity index (χ1v) is 9.41. The summed E-state index contributed by atoms with van der Waals surface area (Å²) < 4.78 is 6.04. The molecule has 3 aliphatic rings. The molecule has 0 radical (unpaired) electrons. The minimum absolute atomic E-state index is 0.509. The fourth-order valence-electron chi connectivity index (χ4n) is 3.80. The van der Waals surface area contributed by atoms with E-state index in [2.05, 4.69) is 42.9 Å². The lowest BCUT2D eigenvalue weighted by Crippen LogP contribution is -2.34. The molecule has 0 aromatic carbocycles. The third kappa shape index (κ3) is 3.37. The normalized spacial score (nSPS) is 24.4. The van der Waals surface area contributed by atoms with E-state index in [1.165, 1.54) is 29.7 Å². The largest absolute Gasteiger partial charge is 0.444 e. The van der Waals surface area contributed by atoms with Crippen molar-refractivity contribution in [3.05, 3.63) is 52.3 Å². The number of hydrogen-bond donors (Lipinski definition) is 0. The number of rotatable bonds is 4. The van der Waals surface area contributed by atoms with E-state index in [0.717, 1.165) is 49.7 Å². The average molecular weight is 334 g/mol. The summed E-state index contributed by atoms with van der Waals surface area (Å²) in [6.45, 7) is 7.22. The van der Waals surface area contributed by atoms with Crippen LogP contribution in [0.5, 0.6) is 0 Å². The zero-order chi connectivity index (χ0) is 17.4. The molecule has 0 spiro atoms. The lowest BCUT2D eigenvalue weighted by Gasteiger charge is -2.29. The summed E-state index contributed by atoms with van der Waals surface area (Å²) in [4.78, 5) is 7.22. The van der Waals surface area contributed by atoms with Crippen molar-refractivity contribution in [1.82, 2.24) is 9.88 Å². The predicted molar refractivity (Wildman–Crippen MR) is 100.0 cm³/mol. The highest BCUT2D eigenvalue weighted by Gasteiger charge is 2.32. The molecule has 1 saturated carbocycles. The van der Waals surface area contributed by atoms with Crippen molar-refractivity contribution in [1.29, 1.82) is 0 Å². The summed E-state index contributed by atoms with van der Waals surface area (Å²) in [6, 6.07) is 0. The molecule has 1 aromatic rings. The minimum atomic E-state index is 0.509. The maximum atomic E-state index is 6.04. The van der Waals surface area contributed by atoms with E-state index in [0.29, 0.717) is 11.8 Å². The summed E-state index contributed by atoms with van der Waals surface area (Å²) in [7, 11) is 0. The molecule has 1 atom stereocenters. The zero-order valence-corrected chi connectivity index (χ0v) is 15.2. The molecule has 3 nitrogen and oxygen atoms in total. The molecule has 0 amide bonds. The molecule has 1 fully saturated rings. The first kappa shape index (κ1) is 16.4. The predicted octanol–water partition coefficient (Wildman–Crippen LogP) is 4.38. The fraction of sp³-hybridized carbons (Fsp3) is 0.500. The van der Waals surface area contributed by atoms with Crippen LogP contribution >= 0.6 is 0 Å². The highest BCUT2D eigenvalue weighted by atomic mass is 16.4. The Morgan fingerprint density at radius 3 is 3.04 bits per heavy atom. The van der Waals surface area contributed by atoms with Gasteiger partial charge in [0.05, 0.1) is 12.2 Å². The van der Waals surface area contributed by atoms with Gasteiger partial charge in [-0.2, -0.15) is 0 Å². The molecule has 0 N–H and O–H groups in total. The fourth-order valence-corrected chi connectivity index (χ4v) is 3.80. The first-order valence-electron chi connectivity index (χ1n) is 9.41. The summed E-state index contributed by atoms with van der Waals surface area (Å²) >= 11 is 0. The van der Waals surface area contributed by atoms with Gasteiger partial charge in [-0.25, -0.2) is 4.98 Å². The number of aromatic nitrogens is 1. The van der Waals surface area contributed by atoms with Gasteiger partial charge in [0, 0.05) is 31.0 Å². The molecule has 25 heavy (non-hydrogen) atoms. The number of allylic oxidation sites excluding steroid dienone is 5. The van der Waals surface area contributed by atoms with E-state index in [4.69, 9.17) is 15.8 Å². The quantitative estimate of drug-likeness (QED) is 0.765. The van der Waals surface area contributed by atoms with E-state index >= 15 is 0 Å². The van der Waals surface area contributed by atoms with Crippen molar-refractivity contribution < 1.29 is 4.42 Å². The van der Waals surface area contributed by atoms with Gasteiger partial charge in [0.25, 0.3) is 0 Å². The molecule has 1 unspecified atom stereocenters. The van der Waals surface area contributed by atoms with Crippen molar-refractivity contribution in [2.24, 2.45) is 5.92 Å². The molecular weight excluding hydrogens is 308 g/mol. The maximum Gasteiger partial charge on any atom is 0.197 e. The Hall–Kier alpha value is -2.05. The lowest BCUT2D eigenvalue weighted by molar-refractivity contribution is 0.206. The van der Waals surface area contributed by atoms with Crippen LogP contribution in [0.15, 0.2) is 39.4 Å². The molecule has 1 aromatic heterocycles. The van der Waals surface area contributed by atoms with Crippen molar-refractivity contribution in [3.8, 4) is 12.3 Å². The van der Waals surface area contributed by atoms with E-state index < -0.39 is 0 Å². The van der Waals surface area contributed by atoms with Gasteiger partial charge in [-0.15, -0.1) is 6.42 Å². The van der Waals surface area contributed by atoms with Gasteiger partial charge >= 0.3 is 0 Å². The van der Waals surface area contributed by atoms with Crippen LogP contribution in [-0.2, 0) is 13.0 Å². The van der Waals surface area contributed by atoms with Crippen LogP contribution in [0.25, 0.3) is 0 Å². The van der Waals surface area contributed by atoms with Gasteiger partial charge in [-0.1, -0.05) is 24.1 Å². The first-order chi connectivity index (χ1) is 12.2. The molecule has 1 aliphatic heterocycles. The van der Waals surface area contributed by atoms with Crippen molar-refractivity contribution >= 4 is 0 Å². The van der Waals surface area contributed by atoms with Gasteiger partial charge in [-0.3, -0.25) is 4.90 Å². The van der Waals surface area contributed by atoms with E-state index in [9.17, 15) is 0 Å². The number of fused-ring (bicyclic) bond motifs is 1. The number of nitrogens with zero attached hydrogens (tertiary/aromatic N) is 2. The van der Waals surface area contributed by atoms with Crippen LogP contribution < -0.4 is 0 Å². The van der Waals surface area contributed by atoms with Gasteiger partial charge in [0.15, 0.2) is 5.89 Å². The second-order valence-corrected chi connectivity index (χ2v) is 7.49. The van der Waals surface area contributed by atoms with Gasteiger partial charge < -0.3 is 4.42 Å². The minimum Gasteiger partial charge on any atom is -0.444 e. The monoisotopic (exact) mass is 334 g/mol. The van der Waals surface area contributed by atoms with Crippen LogP contribution in [0.3, 0.4) is 0 Å². The van der Waals surface area contributed by atoms with Crippen LogP contribution in [0.2, 0.25) is 0 Å². The topological polar surface area (TPSA) is 29.3 Å². The van der Waals surface area contributed by atoms with Crippen LogP contribution in [0, 0.1) is 18.3 Å². The number of oxazole rings is 1. The smallest absolute Gasteiger partial charge is 0.197 e. The Morgan fingerprint density at radius 1 is 1.48 bits per heavy atom. The van der Waals surface area contributed by atoms with Gasteiger partial charge in [0.1, 0.15) is 5.76 Å². The molecular formula is C22H26N2O. The Kier molecular flexibility index (Phi) is 4.39. The molecule has 0 bridgehead atoms. The van der Waals surface area contributed by atoms with E-state index in [-0.39, 0.29) is 0 Å². The summed E-state index contributed by atoms with van der Waals surface area (Å²) in [6.07, 6.45) is 16.9. The Morgan fingerprint density at radius 2 is 2.32 bits per heavy atom. The van der Waals surface area contributed by atoms with E-state index in [1.54, 1.807) is 0 Å². The molecule has 4 rings (SSSR count). The third-order valence-corrected chi connectivity index (χ3v) is 5.58. The molecule has 0 saturated heterocycles. The number of hydrogen-bond acceptors (Lipinski definition) is 3. The second kappa shape index (κ2) is 6.69. The van der Waals surface area contributed by atoms with Crippen LogP contribution in [0.1, 0.15) is 56.4 Å². The Balaban J connectivity index is 1.45. The van der Waals surface area contributed by atoms with Crippen LogP contribution in [-0.4, -0.2) is 23.0 Å². The van der Waals surface area contributed by atoms with E-state index in [1.807, 2.05) is 0 Å². The van der Waals surface area contributed by atoms with Gasteiger partial charge in [0.2, 0.25) is 0 Å². The molecule has 2 aliphatic carbocycles. The second-order valence-electron chi connectivity index (χ2n) is 7.49. The number of terminal acetylenes is 1. The highest BCUT2D eigenvalue weighted by Crippen LogP contribution is 2.40. The Bertz CT molecular complexity index is 798. The summed E-state index contributed by atoms with van der Waals surface area (Å²) in [5.41, 5.74) is 4.73. The standard InChI is InChI=1S/C22H26N2O/c1-4-15(3)19-12-16(6-7-17(19)5-2)13-24-11-10-20-21(14-24)25-22(23-20)18-8-9-18/h2,4,7,12,16,18H,6,8-11,13-14H2,1,3H3. The Labute approximate surface area is 150 Å². The average Bonchev–Trinajstić information content (AvgIpc) is 3.40. The summed E-state index contributed by atoms with van der Waals surface area (Å²) in [5.74, 6) is 6.02. The third-order valence-electron chi connectivity index (χ3n) is 5.58. The molecule has 3 heteroatoms. The molecule has 130 valence electrons. The summed E-state index contributed by atoms with van der Waals surface area (Å²) in [5, 5.41) is 0.